The van der Waals surface area contributed by atoms with Gasteiger partial charge in [-0.3, -0.25) is 4.79 Å². The predicted octanol–water partition coefficient (Wildman–Crippen LogP) is 2.37. The summed E-state index contributed by atoms with van der Waals surface area (Å²) in [5.74, 6) is 0.125. The summed E-state index contributed by atoms with van der Waals surface area (Å²) < 4.78 is 4.60. The van der Waals surface area contributed by atoms with Gasteiger partial charge in [0.15, 0.2) is 0 Å². The van der Waals surface area contributed by atoms with Gasteiger partial charge in [-0.1, -0.05) is 38.1 Å². The minimum absolute atomic E-state index is 0.406. The van der Waals surface area contributed by atoms with Gasteiger partial charge in [-0.2, -0.15) is 0 Å². The molecule has 0 bridgehead atoms. The van der Waals surface area contributed by atoms with Crippen LogP contribution in [0.1, 0.15) is 43.4 Å². The number of carbonyl (C=O) groups is 1. The van der Waals surface area contributed by atoms with E-state index in [9.17, 15) is 4.79 Å². The molecule has 3 nitrogen and oxygen atoms in total. The first-order valence-electron chi connectivity index (χ1n) is 5.53. The Morgan fingerprint density at radius 1 is 1.31 bits per heavy atom. The molecular weight excluding hydrogens is 202 g/mol. The summed E-state index contributed by atoms with van der Waals surface area (Å²) in [6.45, 7) is 4.33. The van der Waals surface area contributed by atoms with Crippen molar-refractivity contribution in [1.82, 2.24) is 0 Å². The van der Waals surface area contributed by atoms with E-state index in [4.69, 9.17) is 5.73 Å². The summed E-state index contributed by atoms with van der Waals surface area (Å²) in [4.78, 5) is 11.2. The molecule has 1 aromatic rings. The normalized spacial score (nSPS) is 14.2. The largest absolute Gasteiger partial charge is 0.468 e. The monoisotopic (exact) mass is 221 g/mol. The Kier molecular flexibility index (Phi) is 4.50. The summed E-state index contributed by atoms with van der Waals surface area (Å²) >= 11 is 0. The summed E-state index contributed by atoms with van der Waals surface area (Å²) in [6, 6.07) is 7.14. The van der Waals surface area contributed by atoms with Crippen LogP contribution in [0.4, 0.5) is 0 Å². The molecule has 3 heteroatoms. The van der Waals surface area contributed by atoms with Gasteiger partial charge in [0.2, 0.25) is 0 Å². The van der Waals surface area contributed by atoms with Crippen molar-refractivity contribution in [2.24, 2.45) is 5.73 Å². The van der Waals surface area contributed by atoms with Crippen LogP contribution < -0.4 is 5.73 Å². The third kappa shape index (κ3) is 2.83. The maximum absolute atomic E-state index is 11.2. The van der Waals surface area contributed by atoms with Crippen molar-refractivity contribution in [2.45, 2.75) is 32.2 Å². The Morgan fingerprint density at radius 3 is 2.25 bits per heavy atom. The van der Waals surface area contributed by atoms with Crippen LogP contribution in [0, 0.1) is 0 Å². The predicted molar refractivity (Wildman–Crippen MR) is 64.1 cm³/mol. The zero-order valence-corrected chi connectivity index (χ0v) is 10.1. The maximum Gasteiger partial charge on any atom is 0.327 e. The molecule has 88 valence electrons. The van der Waals surface area contributed by atoms with Crippen molar-refractivity contribution in [2.75, 3.05) is 7.11 Å². The van der Waals surface area contributed by atoms with Crippen LogP contribution in [0.3, 0.4) is 0 Å². The number of ether oxygens (including phenoxy) is 1. The first kappa shape index (κ1) is 12.7. The molecule has 0 saturated heterocycles. The average molecular weight is 221 g/mol. The third-order valence-corrected chi connectivity index (χ3v) is 2.93. The molecule has 2 unspecified atom stereocenters. The Bertz CT molecular complexity index is 345. The lowest BCUT2D eigenvalue weighted by Gasteiger charge is -2.12. The second-order valence-corrected chi connectivity index (χ2v) is 3.98. The molecule has 16 heavy (non-hydrogen) atoms. The standard InChI is InChI=1S/C13H19NO2/c1-4-9(2)10-5-7-11(8-6-10)12(14)13(15)16-3/h5-9,12H,4,14H2,1-3H3. The van der Waals surface area contributed by atoms with E-state index in [2.05, 4.69) is 18.6 Å². The van der Waals surface area contributed by atoms with Crippen molar-refractivity contribution in [1.29, 1.82) is 0 Å². The molecule has 0 amide bonds. The van der Waals surface area contributed by atoms with Crippen LogP contribution >= 0.6 is 0 Å². The molecule has 2 atom stereocenters. The van der Waals surface area contributed by atoms with Gasteiger partial charge < -0.3 is 10.5 Å². The summed E-state index contributed by atoms with van der Waals surface area (Å²) in [6.07, 6.45) is 1.10. The molecular formula is C13H19NO2. The Hall–Kier alpha value is -1.35. The molecule has 0 saturated carbocycles. The number of hydrogen-bond acceptors (Lipinski definition) is 3. The summed E-state index contributed by atoms with van der Waals surface area (Å²) in [5, 5.41) is 0. The quantitative estimate of drug-likeness (QED) is 0.794. The van der Waals surface area contributed by atoms with Crippen molar-refractivity contribution in [3.8, 4) is 0 Å². The van der Waals surface area contributed by atoms with Crippen LogP contribution in [-0.4, -0.2) is 13.1 Å². The highest BCUT2D eigenvalue weighted by atomic mass is 16.5. The van der Waals surface area contributed by atoms with E-state index < -0.39 is 12.0 Å². The third-order valence-electron chi connectivity index (χ3n) is 2.93. The molecule has 1 rings (SSSR count). The number of methoxy groups -OCH3 is 1. The molecule has 2 N–H and O–H groups in total. The lowest BCUT2D eigenvalue weighted by atomic mass is 9.96. The fourth-order valence-electron chi connectivity index (χ4n) is 1.53. The molecule has 0 spiro atoms. The van der Waals surface area contributed by atoms with E-state index in [0.717, 1.165) is 12.0 Å². The van der Waals surface area contributed by atoms with Gasteiger partial charge in [0.25, 0.3) is 0 Å². The van der Waals surface area contributed by atoms with Gasteiger partial charge in [0.1, 0.15) is 6.04 Å². The molecule has 0 aliphatic carbocycles. The molecule has 0 aliphatic rings. The number of nitrogens with two attached hydrogens (primary N) is 1. The molecule has 0 fully saturated rings. The second-order valence-electron chi connectivity index (χ2n) is 3.98. The minimum Gasteiger partial charge on any atom is -0.468 e. The van der Waals surface area contributed by atoms with Crippen molar-refractivity contribution in [3.63, 3.8) is 0 Å². The SMILES string of the molecule is CCC(C)c1ccc(C(N)C(=O)OC)cc1. The van der Waals surface area contributed by atoms with Gasteiger partial charge in [-0.15, -0.1) is 0 Å². The smallest absolute Gasteiger partial charge is 0.327 e. The van der Waals surface area contributed by atoms with Crippen molar-refractivity contribution in [3.05, 3.63) is 35.4 Å². The van der Waals surface area contributed by atoms with E-state index in [0.29, 0.717) is 5.92 Å². The summed E-state index contributed by atoms with van der Waals surface area (Å²) in [7, 11) is 1.34. The zero-order chi connectivity index (χ0) is 12.1. The van der Waals surface area contributed by atoms with Gasteiger partial charge in [-0.05, 0) is 23.5 Å². The van der Waals surface area contributed by atoms with Crippen molar-refractivity contribution < 1.29 is 9.53 Å². The topological polar surface area (TPSA) is 52.3 Å². The lowest BCUT2D eigenvalue weighted by molar-refractivity contribution is -0.142. The maximum atomic E-state index is 11.2. The summed E-state index contributed by atoms with van der Waals surface area (Å²) in [5.41, 5.74) is 7.79. The van der Waals surface area contributed by atoms with Crippen LogP contribution in [0.2, 0.25) is 0 Å². The fraction of sp³-hybridized carbons (Fsp3) is 0.462. The number of esters is 1. The van der Waals surface area contributed by atoms with Crippen LogP contribution in [-0.2, 0) is 9.53 Å². The van der Waals surface area contributed by atoms with Crippen LogP contribution in [0.5, 0.6) is 0 Å². The molecule has 0 aromatic heterocycles. The lowest BCUT2D eigenvalue weighted by Crippen LogP contribution is -2.22. The van der Waals surface area contributed by atoms with Crippen LogP contribution in [0.15, 0.2) is 24.3 Å². The Balaban J connectivity index is 2.82. The number of hydrogen-bond donors (Lipinski definition) is 1. The average Bonchev–Trinajstić information content (AvgIpc) is 2.36. The van der Waals surface area contributed by atoms with E-state index >= 15 is 0 Å². The fourth-order valence-corrected chi connectivity index (χ4v) is 1.53. The molecule has 1 aromatic carbocycles. The Labute approximate surface area is 96.6 Å². The molecule has 0 radical (unpaired) electrons. The first-order chi connectivity index (χ1) is 7.60. The van der Waals surface area contributed by atoms with Crippen LogP contribution in [0.25, 0.3) is 0 Å². The van der Waals surface area contributed by atoms with Crippen molar-refractivity contribution >= 4 is 5.97 Å². The highest BCUT2D eigenvalue weighted by molar-refractivity contribution is 5.77. The highest BCUT2D eigenvalue weighted by Crippen LogP contribution is 2.20. The first-order valence-corrected chi connectivity index (χ1v) is 5.53. The number of carbonyl (C=O) groups excluding carboxylic acids is 1. The number of rotatable bonds is 4. The Morgan fingerprint density at radius 2 is 1.81 bits per heavy atom. The van der Waals surface area contributed by atoms with E-state index in [1.807, 2.05) is 24.3 Å². The zero-order valence-electron chi connectivity index (χ0n) is 10.1. The van der Waals surface area contributed by atoms with Gasteiger partial charge in [0, 0.05) is 0 Å². The van der Waals surface area contributed by atoms with E-state index in [1.54, 1.807) is 0 Å². The van der Waals surface area contributed by atoms with Gasteiger partial charge in [-0.25, -0.2) is 0 Å². The number of benzene rings is 1. The van der Waals surface area contributed by atoms with E-state index in [-0.39, 0.29) is 0 Å². The van der Waals surface area contributed by atoms with Gasteiger partial charge >= 0.3 is 5.97 Å². The second kappa shape index (κ2) is 5.66. The minimum atomic E-state index is -0.684. The van der Waals surface area contributed by atoms with Gasteiger partial charge in [0.05, 0.1) is 7.11 Å². The van der Waals surface area contributed by atoms with E-state index in [1.165, 1.54) is 12.7 Å². The molecule has 0 heterocycles. The molecule has 0 aliphatic heterocycles. The highest BCUT2D eigenvalue weighted by Gasteiger charge is 2.16.